The number of imide groups is 1. The molecular weight excluding hydrogens is 376 g/mol. The minimum Gasteiger partial charge on any atom is -0.323 e. The predicted octanol–water partition coefficient (Wildman–Crippen LogP) is 0.0816. The van der Waals surface area contributed by atoms with Crippen molar-refractivity contribution in [1.82, 2.24) is 10.2 Å². The van der Waals surface area contributed by atoms with E-state index in [1.165, 1.54) is 20.3 Å². The zero-order valence-corrected chi connectivity index (χ0v) is 17.4. The van der Waals surface area contributed by atoms with Gasteiger partial charge in [0.05, 0.1) is 0 Å². The zero-order valence-electron chi connectivity index (χ0n) is 16.6. The molecule has 3 amide bonds. The number of nitrogens with one attached hydrogen (secondary N) is 3. The second kappa shape index (κ2) is 8.01. The summed E-state index contributed by atoms with van der Waals surface area (Å²) < 4.78 is 0. The number of rotatable bonds is 4. The van der Waals surface area contributed by atoms with Gasteiger partial charge in [0.15, 0.2) is 6.67 Å². The first-order valence-electron chi connectivity index (χ1n) is 10.5. The molecule has 1 aromatic carbocycles. The van der Waals surface area contributed by atoms with Crippen LogP contribution >= 0.6 is 11.6 Å². The number of carbonyl (C=O) groups excluding carboxylic acids is 2. The van der Waals surface area contributed by atoms with Crippen molar-refractivity contribution in [3.8, 4) is 0 Å². The molecule has 4 rings (SSSR count). The van der Waals surface area contributed by atoms with Crippen LogP contribution in [-0.2, 0) is 11.3 Å². The predicted molar refractivity (Wildman–Crippen MR) is 107 cm³/mol. The van der Waals surface area contributed by atoms with Crippen LogP contribution in [0.4, 0.5) is 4.79 Å². The lowest BCUT2D eigenvalue weighted by Gasteiger charge is -2.37. The standard InChI is InChI=1S/C21H29ClN4O2/c1-16-5-2-3-8-21(16)19(27)26(20(28)23-21)15-25-11-9-24(10-12-25)14-17-6-4-7-18(22)13-17/h4,6-7,13,16H,2-3,5,8-12,14-15H2,1H3,(H,23,28)/p+2/t16-,21+/m0/s1. The maximum absolute atomic E-state index is 13.1. The van der Waals surface area contributed by atoms with Crippen molar-refractivity contribution in [1.29, 1.82) is 0 Å². The summed E-state index contributed by atoms with van der Waals surface area (Å²) in [6, 6.07) is 7.86. The van der Waals surface area contributed by atoms with Crippen molar-refractivity contribution in [3.63, 3.8) is 0 Å². The van der Waals surface area contributed by atoms with Crippen LogP contribution < -0.4 is 15.1 Å². The first-order valence-corrected chi connectivity index (χ1v) is 10.9. The second-order valence-electron chi connectivity index (χ2n) is 8.75. The van der Waals surface area contributed by atoms with Gasteiger partial charge in [0.1, 0.15) is 38.3 Å². The van der Waals surface area contributed by atoms with Crippen LogP contribution in [0.1, 0.15) is 38.2 Å². The third kappa shape index (κ3) is 3.78. The molecule has 3 fully saturated rings. The summed E-state index contributed by atoms with van der Waals surface area (Å²) in [7, 11) is 0. The Hall–Kier alpha value is -1.63. The number of halogens is 1. The molecule has 2 saturated heterocycles. The average molecular weight is 407 g/mol. The first kappa shape index (κ1) is 19.7. The fraction of sp³-hybridized carbons (Fsp3) is 0.619. The van der Waals surface area contributed by atoms with Gasteiger partial charge < -0.3 is 15.1 Å². The highest BCUT2D eigenvalue weighted by atomic mass is 35.5. The molecule has 28 heavy (non-hydrogen) atoms. The Morgan fingerprint density at radius 1 is 1.18 bits per heavy atom. The molecule has 1 spiro atoms. The topological polar surface area (TPSA) is 58.3 Å². The molecule has 1 aliphatic carbocycles. The third-order valence-corrected chi connectivity index (χ3v) is 7.13. The minimum atomic E-state index is -0.644. The summed E-state index contributed by atoms with van der Waals surface area (Å²) >= 11 is 6.09. The van der Waals surface area contributed by atoms with Gasteiger partial charge in [-0.05, 0) is 30.9 Å². The summed E-state index contributed by atoms with van der Waals surface area (Å²) in [5, 5.41) is 3.84. The molecular formula is C21H31ClN4O2+2. The minimum absolute atomic E-state index is 0.00547. The van der Waals surface area contributed by atoms with E-state index in [-0.39, 0.29) is 17.9 Å². The van der Waals surface area contributed by atoms with Gasteiger partial charge in [0.2, 0.25) is 0 Å². The van der Waals surface area contributed by atoms with Crippen molar-refractivity contribution in [3.05, 3.63) is 34.9 Å². The molecule has 1 aromatic rings. The van der Waals surface area contributed by atoms with Crippen LogP contribution in [0.3, 0.4) is 0 Å². The number of nitrogens with zero attached hydrogens (tertiary/aromatic N) is 1. The molecule has 3 aliphatic rings. The van der Waals surface area contributed by atoms with E-state index in [4.69, 9.17) is 11.6 Å². The molecule has 0 aromatic heterocycles. The summed E-state index contributed by atoms with van der Waals surface area (Å²) in [5.74, 6) is 0.225. The molecule has 2 aliphatic heterocycles. The Morgan fingerprint density at radius 3 is 2.64 bits per heavy atom. The molecule has 0 radical (unpaired) electrons. The zero-order chi connectivity index (χ0) is 19.7. The summed E-state index contributed by atoms with van der Waals surface area (Å²) in [4.78, 5) is 30.0. The van der Waals surface area contributed by atoms with Crippen LogP contribution in [0, 0.1) is 5.92 Å². The quantitative estimate of drug-likeness (QED) is 0.620. The average Bonchev–Trinajstić information content (AvgIpc) is 2.91. The Morgan fingerprint density at radius 2 is 1.93 bits per heavy atom. The molecule has 0 unspecified atom stereocenters. The third-order valence-electron chi connectivity index (χ3n) is 6.89. The Balaban J connectivity index is 1.32. The van der Waals surface area contributed by atoms with Crippen LogP contribution in [0.15, 0.2) is 24.3 Å². The number of benzene rings is 1. The van der Waals surface area contributed by atoms with Gasteiger partial charge in [-0.1, -0.05) is 43.5 Å². The van der Waals surface area contributed by atoms with E-state index in [9.17, 15) is 9.59 Å². The van der Waals surface area contributed by atoms with Gasteiger partial charge in [-0.2, -0.15) is 0 Å². The summed E-state index contributed by atoms with van der Waals surface area (Å²) in [5.41, 5.74) is 0.613. The van der Waals surface area contributed by atoms with E-state index < -0.39 is 5.54 Å². The fourth-order valence-corrected chi connectivity index (χ4v) is 5.30. The number of hydrogen-bond donors (Lipinski definition) is 3. The highest BCUT2D eigenvalue weighted by molar-refractivity contribution is 6.30. The lowest BCUT2D eigenvalue weighted by molar-refractivity contribution is -1.02. The molecule has 3 N–H and O–H groups in total. The van der Waals surface area contributed by atoms with Crippen molar-refractivity contribution >= 4 is 23.5 Å². The Labute approximate surface area is 171 Å². The van der Waals surface area contributed by atoms with Crippen molar-refractivity contribution in [2.75, 3.05) is 32.8 Å². The molecule has 0 bridgehead atoms. The van der Waals surface area contributed by atoms with E-state index in [1.807, 2.05) is 18.2 Å². The summed E-state index contributed by atoms with van der Waals surface area (Å²) in [6.07, 6.45) is 3.96. The number of quaternary nitrogens is 2. The lowest BCUT2D eigenvalue weighted by Crippen LogP contribution is -3.28. The monoisotopic (exact) mass is 406 g/mol. The summed E-state index contributed by atoms with van der Waals surface area (Å²) in [6.45, 7) is 7.57. The van der Waals surface area contributed by atoms with Gasteiger partial charge in [0.25, 0.3) is 5.91 Å². The molecule has 2 atom stereocenters. The second-order valence-corrected chi connectivity index (χ2v) is 9.18. The van der Waals surface area contributed by atoms with Crippen molar-refractivity contribution in [2.24, 2.45) is 5.92 Å². The Bertz CT molecular complexity index is 750. The SMILES string of the molecule is C[C@H]1CCCC[C@@]12NC(=O)N(C[NH+]1CC[NH+](Cc3cccc(Cl)c3)CC1)C2=O. The number of amides is 3. The van der Waals surface area contributed by atoms with Crippen LogP contribution in [0.2, 0.25) is 5.02 Å². The molecule has 152 valence electrons. The number of carbonyl (C=O) groups is 2. The highest BCUT2D eigenvalue weighted by Gasteiger charge is 2.55. The maximum atomic E-state index is 13.1. The smallest absolute Gasteiger partial charge is 0.323 e. The number of urea groups is 1. The van der Waals surface area contributed by atoms with Gasteiger partial charge in [-0.3, -0.25) is 4.79 Å². The van der Waals surface area contributed by atoms with E-state index >= 15 is 0 Å². The molecule has 1 saturated carbocycles. The van der Waals surface area contributed by atoms with Crippen LogP contribution in [0.25, 0.3) is 0 Å². The van der Waals surface area contributed by atoms with Crippen LogP contribution in [0.5, 0.6) is 0 Å². The van der Waals surface area contributed by atoms with Gasteiger partial charge >= 0.3 is 6.03 Å². The number of piperazine rings is 1. The van der Waals surface area contributed by atoms with Crippen molar-refractivity contribution < 1.29 is 19.4 Å². The highest BCUT2D eigenvalue weighted by Crippen LogP contribution is 2.37. The maximum Gasteiger partial charge on any atom is 0.329 e. The fourth-order valence-electron chi connectivity index (χ4n) is 5.09. The Kier molecular flexibility index (Phi) is 5.63. The van der Waals surface area contributed by atoms with E-state index in [1.54, 1.807) is 0 Å². The van der Waals surface area contributed by atoms with Crippen LogP contribution in [-0.4, -0.2) is 55.2 Å². The largest absolute Gasteiger partial charge is 0.329 e. The van der Waals surface area contributed by atoms with E-state index in [0.29, 0.717) is 6.67 Å². The number of hydrogen-bond acceptors (Lipinski definition) is 2. The molecule has 2 heterocycles. The van der Waals surface area contributed by atoms with Gasteiger partial charge in [-0.25, -0.2) is 9.69 Å². The molecule has 6 nitrogen and oxygen atoms in total. The first-order chi connectivity index (χ1) is 13.5. The van der Waals surface area contributed by atoms with E-state index in [0.717, 1.165) is 63.4 Å². The van der Waals surface area contributed by atoms with E-state index in [2.05, 4.69) is 18.3 Å². The van der Waals surface area contributed by atoms with Crippen molar-refractivity contribution in [2.45, 2.75) is 44.7 Å². The molecule has 7 heteroatoms. The normalized spacial score (nSPS) is 33.4. The van der Waals surface area contributed by atoms with Gasteiger partial charge in [-0.15, -0.1) is 0 Å². The van der Waals surface area contributed by atoms with Gasteiger partial charge in [0, 0.05) is 10.6 Å². The lowest BCUT2D eigenvalue weighted by atomic mass is 9.73.